The summed E-state index contributed by atoms with van der Waals surface area (Å²) < 4.78 is 39.0. The van der Waals surface area contributed by atoms with Crippen LogP contribution < -0.4 is 5.32 Å². The van der Waals surface area contributed by atoms with Gasteiger partial charge in [0.2, 0.25) is 5.95 Å². The average molecular weight is 243 g/mol. The van der Waals surface area contributed by atoms with E-state index in [0.29, 0.717) is 0 Å². The van der Waals surface area contributed by atoms with E-state index in [9.17, 15) is 13.2 Å². The highest BCUT2D eigenvalue weighted by atomic mass is 19.4. The summed E-state index contributed by atoms with van der Waals surface area (Å²) in [4.78, 5) is 7.23. The fourth-order valence-corrected chi connectivity index (χ4v) is 1.21. The monoisotopic (exact) mass is 243 g/mol. The molecule has 0 fully saturated rings. The van der Waals surface area contributed by atoms with Gasteiger partial charge in [-0.2, -0.15) is 23.3 Å². The molecule has 2 aromatic heterocycles. The molecule has 0 spiro atoms. The standard InChI is InChI=1S/C9H8F3N5/c1-13-8-15-6(9(10,11)12)5-7(16-8)17-4-2-3-14-17/h2-5H,1H3,(H,13,15,16). The van der Waals surface area contributed by atoms with Crippen LogP contribution in [0.3, 0.4) is 0 Å². The third-order valence-corrected chi connectivity index (χ3v) is 1.97. The van der Waals surface area contributed by atoms with Crippen molar-refractivity contribution in [3.63, 3.8) is 0 Å². The molecule has 0 unspecified atom stereocenters. The molecule has 0 aliphatic carbocycles. The van der Waals surface area contributed by atoms with Crippen molar-refractivity contribution in [3.8, 4) is 5.82 Å². The maximum atomic E-state index is 12.6. The fraction of sp³-hybridized carbons (Fsp3) is 0.222. The van der Waals surface area contributed by atoms with Crippen LogP contribution in [0.4, 0.5) is 19.1 Å². The number of rotatable bonds is 2. The van der Waals surface area contributed by atoms with Crippen LogP contribution in [0.15, 0.2) is 24.5 Å². The van der Waals surface area contributed by atoms with E-state index in [1.165, 1.54) is 24.1 Å². The smallest absolute Gasteiger partial charge is 0.357 e. The van der Waals surface area contributed by atoms with Crippen molar-refractivity contribution in [1.82, 2.24) is 19.7 Å². The number of aromatic nitrogens is 4. The van der Waals surface area contributed by atoms with Gasteiger partial charge in [-0.05, 0) is 6.07 Å². The van der Waals surface area contributed by atoms with Crippen LogP contribution in [0, 0.1) is 0 Å². The summed E-state index contributed by atoms with van der Waals surface area (Å²) in [6, 6.07) is 2.43. The Morgan fingerprint density at radius 2 is 2.06 bits per heavy atom. The molecule has 2 aromatic rings. The highest BCUT2D eigenvalue weighted by Crippen LogP contribution is 2.29. The van der Waals surface area contributed by atoms with Crippen LogP contribution in [-0.2, 0) is 6.18 Å². The number of hydrogen-bond donors (Lipinski definition) is 1. The van der Waals surface area contributed by atoms with Gasteiger partial charge >= 0.3 is 6.18 Å². The highest BCUT2D eigenvalue weighted by Gasteiger charge is 2.33. The number of alkyl halides is 3. The van der Waals surface area contributed by atoms with Crippen LogP contribution in [0.25, 0.3) is 5.82 Å². The summed E-state index contributed by atoms with van der Waals surface area (Å²) in [7, 11) is 1.45. The molecule has 0 amide bonds. The Labute approximate surface area is 94.3 Å². The van der Waals surface area contributed by atoms with Crippen LogP contribution in [0.5, 0.6) is 0 Å². The molecule has 5 nitrogen and oxygen atoms in total. The number of nitrogens with zero attached hydrogens (tertiary/aromatic N) is 4. The Morgan fingerprint density at radius 3 is 2.59 bits per heavy atom. The zero-order chi connectivity index (χ0) is 12.5. The van der Waals surface area contributed by atoms with E-state index in [1.807, 2.05) is 0 Å². The third-order valence-electron chi connectivity index (χ3n) is 1.97. The molecule has 8 heteroatoms. The molecule has 0 aliphatic rings. The topological polar surface area (TPSA) is 55.6 Å². The molecule has 2 heterocycles. The van der Waals surface area contributed by atoms with E-state index in [2.05, 4.69) is 20.4 Å². The molecular weight excluding hydrogens is 235 g/mol. The van der Waals surface area contributed by atoms with Crippen molar-refractivity contribution in [2.45, 2.75) is 6.18 Å². The van der Waals surface area contributed by atoms with Gasteiger partial charge in [0.25, 0.3) is 0 Å². The summed E-state index contributed by atoms with van der Waals surface area (Å²) in [6.07, 6.45) is -1.56. The van der Waals surface area contributed by atoms with Gasteiger partial charge in [-0.3, -0.25) is 0 Å². The van der Waals surface area contributed by atoms with Gasteiger partial charge < -0.3 is 5.32 Å². The summed E-state index contributed by atoms with van der Waals surface area (Å²) >= 11 is 0. The van der Waals surface area contributed by atoms with E-state index in [4.69, 9.17) is 0 Å². The van der Waals surface area contributed by atoms with Gasteiger partial charge in [0.15, 0.2) is 11.5 Å². The second-order valence-corrected chi connectivity index (χ2v) is 3.13. The first kappa shape index (κ1) is 11.4. The lowest BCUT2D eigenvalue weighted by atomic mass is 10.4. The van der Waals surface area contributed by atoms with Crippen LogP contribution in [0.1, 0.15) is 5.69 Å². The van der Waals surface area contributed by atoms with Crippen LogP contribution in [0.2, 0.25) is 0 Å². The minimum atomic E-state index is -4.52. The highest BCUT2D eigenvalue weighted by molar-refractivity contribution is 5.35. The molecule has 0 aliphatic heterocycles. The second kappa shape index (κ2) is 4.04. The molecule has 0 bridgehead atoms. The predicted molar refractivity (Wildman–Crippen MR) is 53.7 cm³/mol. The summed E-state index contributed by atoms with van der Waals surface area (Å²) in [6.45, 7) is 0. The molecule has 90 valence electrons. The summed E-state index contributed by atoms with van der Waals surface area (Å²) in [5.41, 5.74) is -1.01. The lowest BCUT2D eigenvalue weighted by Crippen LogP contribution is -2.13. The first-order valence-corrected chi connectivity index (χ1v) is 4.65. The van der Waals surface area contributed by atoms with Gasteiger partial charge in [-0.1, -0.05) is 0 Å². The Balaban J connectivity index is 2.54. The molecule has 2 rings (SSSR count). The molecule has 0 saturated carbocycles. The Hall–Kier alpha value is -2.12. The van der Waals surface area contributed by atoms with Gasteiger partial charge in [-0.15, -0.1) is 0 Å². The average Bonchev–Trinajstić information content (AvgIpc) is 2.80. The Kier molecular flexibility index (Phi) is 2.70. The van der Waals surface area contributed by atoms with Crippen LogP contribution in [-0.4, -0.2) is 26.8 Å². The van der Waals surface area contributed by atoms with Crippen molar-refractivity contribution >= 4 is 5.95 Å². The van der Waals surface area contributed by atoms with E-state index in [1.54, 1.807) is 6.07 Å². The first-order valence-electron chi connectivity index (χ1n) is 4.65. The quantitative estimate of drug-likeness (QED) is 0.872. The summed E-state index contributed by atoms with van der Waals surface area (Å²) in [5, 5.41) is 6.29. The minimum absolute atomic E-state index is 0.0571. The van der Waals surface area contributed by atoms with E-state index in [-0.39, 0.29) is 11.8 Å². The zero-order valence-corrected chi connectivity index (χ0v) is 8.73. The van der Waals surface area contributed by atoms with Crippen molar-refractivity contribution in [3.05, 3.63) is 30.2 Å². The number of anilines is 1. The van der Waals surface area contributed by atoms with Gasteiger partial charge in [0, 0.05) is 25.5 Å². The zero-order valence-electron chi connectivity index (χ0n) is 8.73. The van der Waals surface area contributed by atoms with E-state index >= 15 is 0 Å². The lowest BCUT2D eigenvalue weighted by molar-refractivity contribution is -0.141. The molecule has 0 aromatic carbocycles. The van der Waals surface area contributed by atoms with Crippen molar-refractivity contribution < 1.29 is 13.2 Å². The second-order valence-electron chi connectivity index (χ2n) is 3.13. The third kappa shape index (κ3) is 2.35. The SMILES string of the molecule is CNc1nc(-n2cccn2)cc(C(F)(F)F)n1. The Morgan fingerprint density at radius 1 is 1.29 bits per heavy atom. The van der Waals surface area contributed by atoms with E-state index < -0.39 is 11.9 Å². The maximum Gasteiger partial charge on any atom is 0.433 e. The molecule has 0 atom stereocenters. The maximum absolute atomic E-state index is 12.6. The number of hydrogen-bond acceptors (Lipinski definition) is 4. The number of nitrogens with one attached hydrogen (secondary N) is 1. The molecule has 17 heavy (non-hydrogen) atoms. The summed E-state index contributed by atoms with van der Waals surface area (Å²) in [5.74, 6) is -0.0491. The van der Waals surface area contributed by atoms with Crippen molar-refractivity contribution in [2.75, 3.05) is 12.4 Å². The lowest BCUT2D eigenvalue weighted by Gasteiger charge is -2.09. The Bertz CT molecular complexity index is 506. The normalized spacial score (nSPS) is 11.5. The first-order chi connectivity index (χ1) is 8.00. The van der Waals surface area contributed by atoms with Crippen molar-refractivity contribution in [1.29, 1.82) is 0 Å². The van der Waals surface area contributed by atoms with Crippen LogP contribution >= 0.6 is 0 Å². The van der Waals surface area contributed by atoms with Gasteiger partial charge in [-0.25, -0.2) is 9.67 Å². The molecule has 1 N–H and O–H groups in total. The molecule has 0 radical (unpaired) electrons. The largest absolute Gasteiger partial charge is 0.433 e. The van der Waals surface area contributed by atoms with Gasteiger partial charge in [0.1, 0.15) is 0 Å². The minimum Gasteiger partial charge on any atom is -0.357 e. The van der Waals surface area contributed by atoms with Crippen molar-refractivity contribution in [2.24, 2.45) is 0 Å². The number of halogens is 3. The predicted octanol–water partition coefficient (Wildman–Crippen LogP) is 1.72. The molecule has 0 saturated heterocycles. The fourth-order valence-electron chi connectivity index (χ4n) is 1.21. The molecular formula is C9H8F3N5. The van der Waals surface area contributed by atoms with Gasteiger partial charge in [0.05, 0.1) is 0 Å². The van der Waals surface area contributed by atoms with E-state index in [0.717, 1.165) is 6.07 Å².